The topological polar surface area (TPSA) is 101 Å². The van der Waals surface area contributed by atoms with E-state index in [2.05, 4.69) is 26.6 Å². The van der Waals surface area contributed by atoms with Crippen molar-refractivity contribution in [1.82, 2.24) is 26.6 Å². The molecule has 9 heteroatoms. The van der Waals surface area contributed by atoms with Crippen LogP contribution in [0.5, 0.6) is 0 Å². The fourth-order valence-corrected chi connectivity index (χ4v) is 3.36. The summed E-state index contributed by atoms with van der Waals surface area (Å²) in [6, 6.07) is 0.237. The lowest BCUT2D eigenvalue weighted by Gasteiger charge is -2.32. The molecule has 0 amide bonds. The van der Waals surface area contributed by atoms with Crippen molar-refractivity contribution in [2.75, 3.05) is 52.5 Å². The summed E-state index contributed by atoms with van der Waals surface area (Å²) in [6.45, 7) is 5.42. The third-order valence-corrected chi connectivity index (χ3v) is 5.20. The van der Waals surface area contributed by atoms with Gasteiger partial charge in [0, 0.05) is 64.6 Å². The van der Waals surface area contributed by atoms with Gasteiger partial charge in [0.05, 0.1) is 0 Å². The van der Waals surface area contributed by atoms with Crippen LogP contribution in [0.4, 0.5) is 0 Å². The molecule has 4 atom stereocenters. The minimum Gasteiger partial charge on any atom is -0.396 e. The minimum absolute atomic E-state index is 0.0764. The molecule has 25 heavy (non-hydrogen) atoms. The van der Waals surface area contributed by atoms with Crippen LogP contribution in [-0.2, 0) is 0 Å². The molecule has 0 aromatic rings. The van der Waals surface area contributed by atoms with Crippen molar-refractivity contribution < 1.29 is 10.2 Å². The number of aliphatic hydroxyl groups excluding tert-OH is 2. The van der Waals surface area contributed by atoms with Gasteiger partial charge in [-0.3, -0.25) is 10.6 Å². The second-order valence-electron chi connectivity index (χ2n) is 6.32. The molecular formula is C16H35Cl2N5O2. The van der Waals surface area contributed by atoms with Crippen LogP contribution in [-0.4, -0.2) is 85.8 Å². The van der Waals surface area contributed by atoms with Crippen molar-refractivity contribution in [2.24, 2.45) is 0 Å². The Labute approximate surface area is 161 Å². The second-order valence-corrected chi connectivity index (χ2v) is 7.26. The Bertz CT molecular complexity index is 318. The first-order valence-corrected chi connectivity index (χ1v) is 10.2. The smallest absolute Gasteiger partial charge is 0.112 e. The first kappa shape index (κ1) is 23.3. The predicted octanol–water partition coefficient (Wildman–Crippen LogP) is -0.640. The Balaban J connectivity index is 2.71. The van der Waals surface area contributed by atoms with Crippen LogP contribution in [0.2, 0.25) is 0 Å². The largest absolute Gasteiger partial charge is 0.396 e. The number of hydrogen-bond acceptors (Lipinski definition) is 7. The molecule has 0 saturated carbocycles. The number of alkyl halides is 2. The highest BCUT2D eigenvalue weighted by Gasteiger charge is 2.25. The van der Waals surface area contributed by atoms with Gasteiger partial charge in [-0.05, 0) is 25.7 Å². The number of nitrogens with one attached hydrogen (secondary N) is 5. The van der Waals surface area contributed by atoms with Gasteiger partial charge in [0.1, 0.15) is 11.0 Å². The van der Waals surface area contributed by atoms with Crippen molar-refractivity contribution in [1.29, 1.82) is 0 Å². The van der Waals surface area contributed by atoms with Gasteiger partial charge in [-0.25, -0.2) is 0 Å². The molecule has 1 rings (SSSR count). The molecule has 4 unspecified atom stereocenters. The Morgan fingerprint density at radius 3 is 1.80 bits per heavy atom. The van der Waals surface area contributed by atoms with E-state index in [0.29, 0.717) is 6.42 Å². The maximum atomic E-state index is 9.21. The fourth-order valence-electron chi connectivity index (χ4n) is 2.93. The van der Waals surface area contributed by atoms with Crippen LogP contribution in [0.3, 0.4) is 0 Å². The Morgan fingerprint density at radius 2 is 1.20 bits per heavy atom. The molecule has 150 valence electrons. The monoisotopic (exact) mass is 399 g/mol. The van der Waals surface area contributed by atoms with Crippen LogP contribution in [0.1, 0.15) is 25.7 Å². The molecule has 0 aromatic heterocycles. The van der Waals surface area contributed by atoms with E-state index in [4.69, 9.17) is 23.2 Å². The third kappa shape index (κ3) is 10.9. The maximum absolute atomic E-state index is 9.21. The first-order chi connectivity index (χ1) is 12.2. The average molecular weight is 400 g/mol. The zero-order chi connectivity index (χ0) is 18.3. The molecule has 0 bridgehead atoms. The summed E-state index contributed by atoms with van der Waals surface area (Å²) < 4.78 is 0. The summed E-state index contributed by atoms with van der Waals surface area (Å²) in [7, 11) is 0. The molecule has 1 heterocycles. The molecule has 0 radical (unpaired) electrons. The lowest BCUT2D eigenvalue weighted by Crippen LogP contribution is -2.54. The van der Waals surface area contributed by atoms with Crippen LogP contribution < -0.4 is 26.6 Å². The van der Waals surface area contributed by atoms with E-state index in [1.54, 1.807) is 0 Å². The SMILES string of the molecule is OCCCC1NCCNCCNCCNC(Cl)C(Cl)NC1CCCO. The molecule has 1 aliphatic heterocycles. The van der Waals surface area contributed by atoms with Crippen LogP contribution in [0.25, 0.3) is 0 Å². The molecule has 0 spiro atoms. The molecule has 0 aliphatic carbocycles. The molecule has 1 saturated heterocycles. The number of rotatable bonds is 6. The highest BCUT2D eigenvalue weighted by Crippen LogP contribution is 2.13. The molecule has 1 aliphatic rings. The van der Waals surface area contributed by atoms with E-state index in [1.165, 1.54) is 0 Å². The van der Waals surface area contributed by atoms with Crippen molar-refractivity contribution in [2.45, 2.75) is 48.8 Å². The fraction of sp³-hybridized carbons (Fsp3) is 1.00. The maximum Gasteiger partial charge on any atom is 0.112 e. The zero-order valence-corrected chi connectivity index (χ0v) is 16.5. The van der Waals surface area contributed by atoms with E-state index < -0.39 is 5.50 Å². The van der Waals surface area contributed by atoms with Crippen LogP contribution in [0.15, 0.2) is 0 Å². The van der Waals surface area contributed by atoms with Gasteiger partial charge in [-0.2, -0.15) is 0 Å². The summed E-state index contributed by atoms with van der Waals surface area (Å²) in [5, 5.41) is 35.3. The van der Waals surface area contributed by atoms with E-state index in [0.717, 1.165) is 58.5 Å². The second kappa shape index (κ2) is 15.4. The van der Waals surface area contributed by atoms with Gasteiger partial charge in [-0.1, -0.05) is 0 Å². The standard InChI is InChI=1S/C16H35Cl2N5O2/c17-15-16(18)23-14(4-2-12-25)13(3-1-11-24)21-9-7-19-5-6-20-8-10-22-15/h13-16,19-25H,1-12H2. The van der Waals surface area contributed by atoms with Crippen molar-refractivity contribution >= 4 is 23.2 Å². The summed E-state index contributed by atoms with van der Waals surface area (Å²) in [6.07, 6.45) is 3.05. The van der Waals surface area contributed by atoms with Gasteiger partial charge < -0.3 is 26.2 Å². The first-order valence-electron chi connectivity index (χ1n) is 9.33. The molecule has 7 N–H and O–H groups in total. The predicted molar refractivity (Wildman–Crippen MR) is 104 cm³/mol. The van der Waals surface area contributed by atoms with Crippen molar-refractivity contribution in [3.63, 3.8) is 0 Å². The van der Waals surface area contributed by atoms with Gasteiger partial charge in [0.2, 0.25) is 0 Å². The number of aliphatic hydroxyl groups is 2. The van der Waals surface area contributed by atoms with E-state index in [1.807, 2.05) is 0 Å². The van der Waals surface area contributed by atoms with Crippen molar-refractivity contribution in [3.8, 4) is 0 Å². The van der Waals surface area contributed by atoms with Crippen molar-refractivity contribution in [3.05, 3.63) is 0 Å². The number of halogens is 2. The highest BCUT2D eigenvalue weighted by atomic mass is 35.5. The number of hydrogen-bond donors (Lipinski definition) is 7. The average Bonchev–Trinajstić information content (AvgIpc) is 2.62. The third-order valence-electron chi connectivity index (χ3n) is 4.29. The van der Waals surface area contributed by atoms with Crippen LogP contribution in [0, 0.1) is 0 Å². The summed E-state index contributed by atoms with van der Waals surface area (Å²) in [5.41, 5.74) is -0.811. The Morgan fingerprint density at radius 1 is 0.680 bits per heavy atom. The molecule has 0 aromatic carbocycles. The summed E-state index contributed by atoms with van der Waals surface area (Å²) >= 11 is 12.8. The van der Waals surface area contributed by atoms with E-state index in [-0.39, 0.29) is 30.8 Å². The zero-order valence-electron chi connectivity index (χ0n) is 14.9. The Hall–Kier alpha value is 0.300. The highest BCUT2D eigenvalue weighted by molar-refractivity contribution is 6.29. The van der Waals surface area contributed by atoms with Gasteiger partial charge >= 0.3 is 0 Å². The van der Waals surface area contributed by atoms with Gasteiger partial charge in [-0.15, -0.1) is 23.2 Å². The molecule has 7 nitrogen and oxygen atoms in total. The summed E-state index contributed by atoms with van der Waals surface area (Å²) in [4.78, 5) is 0. The quantitative estimate of drug-likeness (QED) is 0.235. The molecular weight excluding hydrogens is 365 g/mol. The summed E-state index contributed by atoms with van der Waals surface area (Å²) in [5.74, 6) is 0. The lowest BCUT2D eigenvalue weighted by molar-refractivity contribution is 0.238. The van der Waals surface area contributed by atoms with E-state index >= 15 is 0 Å². The minimum atomic E-state index is -0.424. The van der Waals surface area contributed by atoms with Gasteiger partial charge in [0.25, 0.3) is 0 Å². The lowest BCUT2D eigenvalue weighted by atomic mass is 9.98. The normalized spacial score (nSPS) is 31.2. The van der Waals surface area contributed by atoms with E-state index in [9.17, 15) is 10.2 Å². The Kier molecular flexibility index (Phi) is 14.3. The van der Waals surface area contributed by atoms with Crippen LogP contribution >= 0.6 is 23.2 Å². The van der Waals surface area contributed by atoms with Gasteiger partial charge in [0.15, 0.2) is 0 Å². The molecule has 1 fully saturated rings.